The summed E-state index contributed by atoms with van der Waals surface area (Å²) in [6, 6.07) is 4.18. The zero-order valence-corrected chi connectivity index (χ0v) is 13.3. The molecular formula is C12H20BF4NOS. The summed E-state index contributed by atoms with van der Waals surface area (Å²) >= 11 is 0. The zero-order valence-electron chi connectivity index (χ0n) is 12.5. The van der Waals surface area contributed by atoms with Gasteiger partial charge in [-0.05, 0) is 20.8 Å². The molecule has 0 saturated heterocycles. The average Bonchev–Trinajstić information content (AvgIpc) is 2.11. The van der Waals surface area contributed by atoms with Crippen LogP contribution < -0.4 is 0 Å². The lowest BCUT2D eigenvalue weighted by molar-refractivity contribution is 0.368. The molecule has 0 N–H and O–H groups in total. The molecule has 0 amide bonds. The Morgan fingerprint density at radius 2 is 1.30 bits per heavy atom. The Hall–Kier alpha value is -0.885. The van der Waals surface area contributed by atoms with Crippen LogP contribution in [0.1, 0.15) is 16.7 Å². The first kappa shape index (κ1) is 19.1. The largest absolute Gasteiger partial charge is 0.673 e. The first-order valence-electron chi connectivity index (χ1n) is 5.88. The van der Waals surface area contributed by atoms with E-state index in [1.54, 1.807) is 10.6 Å². The first-order chi connectivity index (χ1) is 8.76. The maximum Gasteiger partial charge on any atom is 0.673 e. The van der Waals surface area contributed by atoms with Crippen LogP contribution in [0.5, 0.6) is 0 Å². The highest BCUT2D eigenvalue weighted by molar-refractivity contribution is 8.00. The van der Waals surface area contributed by atoms with Gasteiger partial charge in [0.25, 0.3) is 0 Å². The normalized spacial score (nSPS) is 14.6. The third kappa shape index (κ3) is 6.05. The topological polar surface area (TPSA) is 20.3 Å². The maximum atomic E-state index is 12.6. The Balaban J connectivity index is 0.000000621. The molecule has 0 aliphatic heterocycles. The van der Waals surface area contributed by atoms with Crippen LogP contribution in [0, 0.1) is 20.8 Å². The summed E-state index contributed by atoms with van der Waals surface area (Å²) in [5, 5.41) is 0. The molecule has 0 radical (unpaired) electrons. The third-order valence-electron chi connectivity index (χ3n) is 2.68. The second-order valence-electron chi connectivity index (χ2n) is 4.84. The molecule has 1 atom stereocenters. The van der Waals surface area contributed by atoms with E-state index in [2.05, 4.69) is 19.1 Å². The van der Waals surface area contributed by atoms with Gasteiger partial charge in [-0.1, -0.05) is 21.9 Å². The van der Waals surface area contributed by atoms with Crippen molar-refractivity contribution in [3.63, 3.8) is 0 Å². The fraction of sp³-hybridized carbons (Fsp3) is 0.500. The summed E-state index contributed by atoms with van der Waals surface area (Å²) in [7, 11) is -4.35. The lowest BCUT2D eigenvalue weighted by Gasteiger charge is -2.17. The molecule has 0 aliphatic carbocycles. The molecule has 2 nitrogen and oxygen atoms in total. The molecule has 0 saturated carbocycles. The summed E-state index contributed by atoms with van der Waals surface area (Å²) < 4.78 is 53.4. The number of benzene rings is 1. The highest BCUT2D eigenvalue weighted by atomic mass is 32.3. The quantitative estimate of drug-likeness (QED) is 0.461. The molecule has 8 heteroatoms. The van der Waals surface area contributed by atoms with Crippen molar-refractivity contribution in [2.75, 3.05) is 20.4 Å². The van der Waals surface area contributed by atoms with Crippen molar-refractivity contribution < 1.29 is 21.5 Å². The van der Waals surface area contributed by atoms with E-state index in [0.29, 0.717) is 0 Å². The Kier molecular flexibility index (Phi) is 6.42. The number of halogens is 4. The number of aryl methyl sites for hydroxylation is 3. The third-order valence-corrected chi connectivity index (χ3v) is 5.48. The summed E-state index contributed by atoms with van der Waals surface area (Å²) in [4.78, 5) is 0.984. The van der Waals surface area contributed by atoms with Crippen LogP contribution >= 0.6 is 0 Å². The van der Waals surface area contributed by atoms with E-state index >= 15 is 0 Å². The first-order valence-corrected chi connectivity index (χ1v) is 7.81. The second-order valence-corrected chi connectivity index (χ2v) is 7.58. The predicted octanol–water partition coefficient (Wildman–Crippen LogP) is 3.88. The molecule has 0 bridgehead atoms. The van der Waals surface area contributed by atoms with Gasteiger partial charge in [-0.2, -0.15) is 0 Å². The van der Waals surface area contributed by atoms with Gasteiger partial charge in [-0.3, -0.25) is 0 Å². The molecule has 1 rings (SSSR count). The van der Waals surface area contributed by atoms with Crippen LogP contribution in [0.25, 0.3) is 0 Å². The molecular weight excluding hydrogens is 293 g/mol. The van der Waals surface area contributed by atoms with Gasteiger partial charge >= 0.3 is 7.25 Å². The van der Waals surface area contributed by atoms with Gasteiger partial charge in [0, 0.05) is 25.2 Å². The van der Waals surface area contributed by atoms with Crippen molar-refractivity contribution in [2.45, 2.75) is 25.7 Å². The average molecular weight is 313 g/mol. The highest BCUT2D eigenvalue weighted by Crippen LogP contribution is 2.27. The van der Waals surface area contributed by atoms with E-state index in [-0.39, 0.29) is 0 Å². The van der Waals surface area contributed by atoms with Gasteiger partial charge < -0.3 is 17.3 Å². The Morgan fingerprint density at radius 3 is 1.55 bits per heavy atom. The molecule has 0 aromatic heterocycles. The van der Waals surface area contributed by atoms with Crippen molar-refractivity contribution in [1.82, 2.24) is 4.31 Å². The standard InChI is InChI=1S/C12H20NOS.BF4/c1-9-7-10(2)12(11(3)8-9)15(6,14)13(4)5;2-1(3,4)5/h7-8H,1-6H3;/q+1;-1. The van der Waals surface area contributed by atoms with Gasteiger partial charge in [0.05, 0.1) is 0 Å². The van der Waals surface area contributed by atoms with Crippen LogP contribution in [0.2, 0.25) is 0 Å². The summed E-state index contributed by atoms with van der Waals surface area (Å²) in [6.07, 6.45) is 1.80. The van der Waals surface area contributed by atoms with Crippen molar-refractivity contribution in [2.24, 2.45) is 0 Å². The molecule has 1 aromatic carbocycles. The van der Waals surface area contributed by atoms with Crippen molar-refractivity contribution >= 4 is 17.4 Å². The summed E-state index contributed by atoms with van der Waals surface area (Å²) in [6.45, 7) is 6.13. The Labute approximate surface area is 118 Å². The number of hydrogen-bond donors (Lipinski definition) is 0. The van der Waals surface area contributed by atoms with E-state index in [1.807, 2.05) is 27.9 Å². The van der Waals surface area contributed by atoms with E-state index < -0.39 is 17.4 Å². The van der Waals surface area contributed by atoms with E-state index in [0.717, 1.165) is 16.0 Å². The van der Waals surface area contributed by atoms with Crippen molar-refractivity contribution in [3.8, 4) is 0 Å². The van der Waals surface area contributed by atoms with E-state index in [9.17, 15) is 21.5 Å². The van der Waals surface area contributed by atoms with Gasteiger partial charge in [0.2, 0.25) is 0 Å². The second kappa shape index (κ2) is 6.71. The van der Waals surface area contributed by atoms with Crippen LogP contribution in [-0.4, -0.2) is 31.9 Å². The van der Waals surface area contributed by atoms with Crippen LogP contribution in [0.4, 0.5) is 17.3 Å². The smallest absolute Gasteiger partial charge is 0.418 e. The molecule has 0 fully saturated rings. The molecule has 116 valence electrons. The van der Waals surface area contributed by atoms with Crippen LogP contribution in [-0.2, 0) is 14.3 Å². The van der Waals surface area contributed by atoms with E-state index in [4.69, 9.17) is 0 Å². The maximum absolute atomic E-state index is 12.6. The van der Waals surface area contributed by atoms with Gasteiger partial charge in [-0.15, -0.1) is 4.31 Å². The molecule has 1 unspecified atom stereocenters. The summed E-state index contributed by atoms with van der Waals surface area (Å²) in [5.41, 5.74) is 3.46. The molecule has 1 aromatic rings. The van der Waals surface area contributed by atoms with Crippen LogP contribution in [0.15, 0.2) is 17.0 Å². The molecule has 0 aliphatic rings. The SMILES string of the molecule is Cc1cc(C)c([S+](C)(=O)N(C)C)c(C)c1.F[B-](F)(F)F. The number of rotatable bonds is 2. The monoisotopic (exact) mass is 313 g/mol. The minimum absolute atomic E-state index is 0.984. The lowest BCUT2D eigenvalue weighted by Crippen LogP contribution is -2.29. The van der Waals surface area contributed by atoms with Crippen LogP contribution in [0.3, 0.4) is 0 Å². The number of hydrogen-bond acceptors (Lipinski definition) is 1. The minimum Gasteiger partial charge on any atom is -0.418 e. The minimum atomic E-state index is -6.00. The van der Waals surface area contributed by atoms with Crippen molar-refractivity contribution in [1.29, 1.82) is 0 Å². The fourth-order valence-electron chi connectivity index (χ4n) is 1.95. The highest BCUT2D eigenvalue weighted by Gasteiger charge is 2.32. The van der Waals surface area contributed by atoms with E-state index in [1.165, 1.54) is 5.56 Å². The molecule has 20 heavy (non-hydrogen) atoms. The zero-order chi connectivity index (χ0) is 16.3. The Bertz CT molecular complexity index is 488. The van der Waals surface area contributed by atoms with Crippen molar-refractivity contribution in [3.05, 3.63) is 28.8 Å². The van der Waals surface area contributed by atoms with Gasteiger partial charge in [0.1, 0.15) is 6.26 Å². The van der Waals surface area contributed by atoms with Gasteiger partial charge in [0.15, 0.2) is 15.0 Å². The lowest BCUT2D eigenvalue weighted by atomic mass is 10.1. The van der Waals surface area contributed by atoms with Gasteiger partial charge in [-0.25, -0.2) is 0 Å². The summed E-state index contributed by atoms with van der Waals surface area (Å²) in [5.74, 6) is 0. The number of nitrogens with zero attached hydrogens (tertiary/aromatic N) is 1. The predicted molar refractivity (Wildman–Crippen MR) is 76.8 cm³/mol. The molecule has 0 heterocycles. The Morgan fingerprint density at radius 1 is 1.00 bits per heavy atom. The fourth-order valence-corrected chi connectivity index (χ4v) is 3.62. The molecule has 0 spiro atoms.